The van der Waals surface area contributed by atoms with Gasteiger partial charge < -0.3 is 10.6 Å². The fraction of sp³-hybridized carbons (Fsp3) is 0.0556. The summed E-state index contributed by atoms with van der Waals surface area (Å²) in [5.74, 6) is -0.266. The van der Waals surface area contributed by atoms with Gasteiger partial charge in [0.1, 0.15) is 17.3 Å². The van der Waals surface area contributed by atoms with Crippen molar-refractivity contribution in [3.8, 4) is 0 Å². The van der Waals surface area contributed by atoms with Crippen molar-refractivity contribution in [2.24, 2.45) is 0 Å². The molecule has 0 unspecified atom stereocenters. The number of halogens is 1. The van der Waals surface area contributed by atoms with Crippen LogP contribution in [-0.4, -0.2) is 15.9 Å². The molecule has 2 N–H and O–H groups in total. The highest BCUT2D eigenvalue weighted by molar-refractivity contribution is 6.02. The lowest BCUT2D eigenvalue weighted by molar-refractivity contribution is 0.102. The van der Waals surface area contributed by atoms with Crippen LogP contribution in [0.25, 0.3) is 0 Å². The molecule has 5 nitrogen and oxygen atoms in total. The van der Waals surface area contributed by atoms with Gasteiger partial charge in [0.25, 0.3) is 5.91 Å². The van der Waals surface area contributed by atoms with Crippen LogP contribution in [0, 0.1) is 12.7 Å². The summed E-state index contributed by atoms with van der Waals surface area (Å²) < 4.78 is 13.1. The Bertz CT molecular complexity index is 848. The normalized spacial score (nSPS) is 10.2. The first-order chi connectivity index (χ1) is 11.6. The van der Waals surface area contributed by atoms with Gasteiger partial charge in [0, 0.05) is 11.4 Å². The zero-order valence-corrected chi connectivity index (χ0v) is 13.0. The van der Waals surface area contributed by atoms with Crippen molar-refractivity contribution in [3.05, 3.63) is 78.0 Å². The third-order valence-electron chi connectivity index (χ3n) is 3.29. The van der Waals surface area contributed by atoms with Crippen molar-refractivity contribution >= 4 is 23.1 Å². The Hall–Kier alpha value is -3.28. The molecule has 0 aliphatic rings. The van der Waals surface area contributed by atoms with Crippen molar-refractivity contribution in [2.75, 3.05) is 10.6 Å². The minimum Gasteiger partial charge on any atom is -0.339 e. The number of nitrogens with zero attached hydrogens (tertiary/aromatic N) is 2. The van der Waals surface area contributed by atoms with Gasteiger partial charge in [-0.3, -0.25) is 4.79 Å². The van der Waals surface area contributed by atoms with E-state index in [1.54, 1.807) is 12.1 Å². The maximum atomic E-state index is 13.1. The molecule has 0 radical (unpaired) electrons. The molecular weight excluding hydrogens is 307 g/mol. The summed E-state index contributed by atoms with van der Waals surface area (Å²) in [4.78, 5) is 20.3. The van der Waals surface area contributed by atoms with Gasteiger partial charge in [-0.1, -0.05) is 23.8 Å². The van der Waals surface area contributed by atoms with Gasteiger partial charge >= 0.3 is 0 Å². The molecule has 0 bridgehead atoms. The average Bonchev–Trinajstić information content (AvgIpc) is 2.57. The maximum absolute atomic E-state index is 13.1. The van der Waals surface area contributed by atoms with Gasteiger partial charge in [-0.2, -0.15) is 0 Å². The summed E-state index contributed by atoms with van der Waals surface area (Å²) >= 11 is 0. The molecule has 0 aliphatic heterocycles. The molecule has 3 rings (SSSR count). The van der Waals surface area contributed by atoms with Gasteiger partial charge in [0.15, 0.2) is 0 Å². The first-order valence-corrected chi connectivity index (χ1v) is 7.33. The largest absolute Gasteiger partial charge is 0.339 e. The van der Waals surface area contributed by atoms with Crippen molar-refractivity contribution in [2.45, 2.75) is 6.92 Å². The van der Waals surface area contributed by atoms with E-state index in [1.165, 1.54) is 24.5 Å². The Morgan fingerprint density at radius 1 is 1.00 bits per heavy atom. The van der Waals surface area contributed by atoms with Gasteiger partial charge in [-0.15, -0.1) is 0 Å². The zero-order valence-electron chi connectivity index (χ0n) is 13.0. The first-order valence-electron chi connectivity index (χ1n) is 7.33. The number of carbonyl (C=O) groups is 1. The molecule has 0 spiro atoms. The molecule has 0 saturated carbocycles. The molecule has 1 aromatic heterocycles. The van der Waals surface area contributed by atoms with Crippen molar-refractivity contribution in [3.63, 3.8) is 0 Å². The van der Waals surface area contributed by atoms with Crippen LogP contribution in [0.3, 0.4) is 0 Å². The molecule has 1 amide bonds. The van der Waals surface area contributed by atoms with E-state index in [-0.39, 0.29) is 17.4 Å². The second-order valence-corrected chi connectivity index (χ2v) is 5.24. The topological polar surface area (TPSA) is 66.9 Å². The van der Waals surface area contributed by atoms with E-state index in [2.05, 4.69) is 20.6 Å². The fourth-order valence-corrected chi connectivity index (χ4v) is 2.06. The standard InChI is InChI=1S/C18H15FN4O/c1-12-5-7-14(8-6-12)23-18(24)16-10-21-17(11-20-16)22-15-4-2-3-13(19)9-15/h2-11H,1H3,(H,21,22)(H,23,24). The molecule has 120 valence electrons. The maximum Gasteiger partial charge on any atom is 0.275 e. The molecule has 2 aromatic carbocycles. The third-order valence-corrected chi connectivity index (χ3v) is 3.29. The Morgan fingerprint density at radius 2 is 1.79 bits per heavy atom. The van der Waals surface area contributed by atoms with E-state index < -0.39 is 0 Å². The lowest BCUT2D eigenvalue weighted by atomic mass is 10.2. The lowest BCUT2D eigenvalue weighted by Gasteiger charge is -2.07. The van der Waals surface area contributed by atoms with Crippen molar-refractivity contribution < 1.29 is 9.18 Å². The lowest BCUT2D eigenvalue weighted by Crippen LogP contribution is -2.14. The molecular formula is C18H15FN4O. The second kappa shape index (κ2) is 6.87. The van der Waals surface area contributed by atoms with E-state index in [1.807, 2.05) is 31.2 Å². The summed E-state index contributed by atoms with van der Waals surface area (Å²) in [5.41, 5.74) is 2.55. The molecule has 0 aliphatic carbocycles. The monoisotopic (exact) mass is 322 g/mol. The van der Waals surface area contributed by atoms with Gasteiger partial charge in [0.05, 0.1) is 12.4 Å². The minimum atomic E-state index is -0.345. The third kappa shape index (κ3) is 3.92. The first kappa shape index (κ1) is 15.6. The SMILES string of the molecule is Cc1ccc(NC(=O)c2cnc(Nc3cccc(F)c3)cn2)cc1. The second-order valence-electron chi connectivity index (χ2n) is 5.24. The van der Waals surface area contributed by atoms with E-state index in [0.717, 1.165) is 5.56 Å². The summed E-state index contributed by atoms with van der Waals surface area (Å²) in [7, 11) is 0. The highest BCUT2D eigenvalue weighted by Gasteiger charge is 2.08. The predicted octanol–water partition coefficient (Wildman–Crippen LogP) is 3.92. The number of amides is 1. The average molecular weight is 322 g/mol. The number of carbonyl (C=O) groups excluding carboxylic acids is 1. The molecule has 6 heteroatoms. The smallest absolute Gasteiger partial charge is 0.275 e. The van der Waals surface area contributed by atoms with Crippen LogP contribution in [0.1, 0.15) is 16.1 Å². The van der Waals surface area contributed by atoms with E-state index in [4.69, 9.17) is 0 Å². The molecule has 0 fully saturated rings. The Labute approximate surface area is 138 Å². The zero-order chi connectivity index (χ0) is 16.9. The highest BCUT2D eigenvalue weighted by atomic mass is 19.1. The van der Waals surface area contributed by atoms with Gasteiger partial charge in [-0.25, -0.2) is 14.4 Å². The van der Waals surface area contributed by atoms with Crippen molar-refractivity contribution in [1.82, 2.24) is 9.97 Å². The van der Waals surface area contributed by atoms with Crippen LogP contribution >= 0.6 is 0 Å². The summed E-state index contributed by atoms with van der Waals surface area (Å²) in [5, 5.41) is 5.67. The molecule has 1 heterocycles. The number of nitrogens with one attached hydrogen (secondary N) is 2. The fourth-order valence-electron chi connectivity index (χ4n) is 2.06. The Kier molecular flexibility index (Phi) is 4.47. The van der Waals surface area contributed by atoms with Crippen LogP contribution in [0.2, 0.25) is 0 Å². The van der Waals surface area contributed by atoms with Crippen LogP contribution in [0.15, 0.2) is 60.9 Å². The molecule has 3 aromatic rings. The highest BCUT2D eigenvalue weighted by Crippen LogP contribution is 2.15. The molecule has 24 heavy (non-hydrogen) atoms. The number of aryl methyl sites for hydroxylation is 1. The number of aromatic nitrogens is 2. The predicted molar refractivity (Wildman–Crippen MR) is 90.8 cm³/mol. The van der Waals surface area contributed by atoms with Crippen LogP contribution in [-0.2, 0) is 0 Å². The van der Waals surface area contributed by atoms with E-state index >= 15 is 0 Å². The number of benzene rings is 2. The van der Waals surface area contributed by atoms with E-state index in [0.29, 0.717) is 17.2 Å². The summed E-state index contributed by atoms with van der Waals surface area (Å²) in [6.07, 6.45) is 2.79. The molecule has 0 saturated heterocycles. The molecule has 0 atom stereocenters. The number of rotatable bonds is 4. The number of anilines is 3. The number of hydrogen-bond acceptors (Lipinski definition) is 4. The van der Waals surface area contributed by atoms with Gasteiger partial charge in [0.2, 0.25) is 0 Å². The summed E-state index contributed by atoms with van der Waals surface area (Å²) in [6, 6.07) is 13.5. The van der Waals surface area contributed by atoms with Crippen LogP contribution < -0.4 is 10.6 Å². The van der Waals surface area contributed by atoms with Gasteiger partial charge in [-0.05, 0) is 37.3 Å². The Balaban J connectivity index is 1.67. The number of hydrogen-bond donors (Lipinski definition) is 2. The minimum absolute atomic E-state index is 0.195. The Morgan fingerprint density at radius 3 is 2.46 bits per heavy atom. The van der Waals surface area contributed by atoms with Crippen molar-refractivity contribution in [1.29, 1.82) is 0 Å². The van der Waals surface area contributed by atoms with Crippen LogP contribution in [0.4, 0.5) is 21.6 Å². The summed E-state index contributed by atoms with van der Waals surface area (Å²) in [6.45, 7) is 1.97. The van der Waals surface area contributed by atoms with Crippen LogP contribution in [0.5, 0.6) is 0 Å². The van der Waals surface area contributed by atoms with E-state index in [9.17, 15) is 9.18 Å². The quantitative estimate of drug-likeness (QED) is 0.764.